The molecule has 50 valence electrons. The summed E-state index contributed by atoms with van der Waals surface area (Å²) < 4.78 is 0. The van der Waals surface area contributed by atoms with Crippen LogP contribution in [0.15, 0.2) is 0 Å². The quantitative estimate of drug-likeness (QED) is 0.302. The second-order valence-corrected chi connectivity index (χ2v) is 1.81. The third-order valence-electron chi connectivity index (χ3n) is 0.977. The molecule has 0 amide bonds. The van der Waals surface area contributed by atoms with Crippen LogP contribution in [0.5, 0.6) is 0 Å². The van der Waals surface area contributed by atoms with Crippen molar-refractivity contribution in [3.63, 3.8) is 0 Å². The topological polar surface area (TPSA) is 59.2 Å². The van der Waals surface area contributed by atoms with Crippen LogP contribution in [0.1, 0.15) is 13.3 Å². The van der Waals surface area contributed by atoms with Crippen molar-refractivity contribution in [2.24, 2.45) is 0 Å². The number of carbonyl (C=O) groups excluding carboxylic acids is 2. The lowest BCUT2D eigenvalue weighted by Gasteiger charge is -1.84. The Morgan fingerprint density at radius 2 is 2.00 bits per heavy atom. The van der Waals surface area contributed by atoms with Crippen molar-refractivity contribution in [2.75, 3.05) is 0 Å². The van der Waals surface area contributed by atoms with Crippen molar-refractivity contribution in [1.82, 2.24) is 0 Å². The Hall–Kier alpha value is -0.740. The molecule has 0 spiro atoms. The van der Waals surface area contributed by atoms with Crippen LogP contribution in [0.4, 0.5) is 0 Å². The van der Waals surface area contributed by atoms with Crippen LogP contribution >= 0.6 is 0 Å². The zero-order chi connectivity index (χ0) is 6.85. The monoisotopic (exact) mass is 130 g/mol. The maximum absolute atomic E-state index is 10.5. The fraction of sp³-hybridized carbons (Fsp3) is 0.600. The number of carbonyl (C=O) groups is 2. The smallest absolute Gasteiger partial charge is 0.231 e. The molecule has 9 heavy (non-hydrogen) atoms. The molecule has 0 radical (unpaired) electrons. The van der Waals surface area contributed by atoms with Crippen molar-refractivity contribution in [2.45, 2.75) is 19.6 Å². The molecule has 1 rings (SSSR count). The van der Waals surface area contributed by atoms with E-state index in [9.17, 15) is 9.59 Å². The molecule has 4 nitrogen and oxygen atoms in total. The largest absolute Gasteiger partial charge is 0.291 e. The first-order valence-corrected chi connectivity index (χ1v) is 2.56. The van der Waals surface area contributed by atoms with Gasteiger partial charge in [-0.3, -0.25) is 9.59 Å². The van der Waals surface area contributed by atoms with E-state index in [1.165, 1.54) is 6.92 Å². The summed E-state index contributed by atoms with van der Waals surface area (Å²) in [5, 5.41) is 0. The zero-order valence-corrected chi connectivity index (χ0v) is 4.92. The van der Waals surface area contributed by atoms with Gasteiger partial charge in [0, 0.05) is 6.92 Å². The van der Waals surface area contributed by atoms with Gasteiger partial charge in [0.15, 0.2) is 5.78 Å². The Morgan fingerprint density at radius 1 is 1.44 bits per heavy atom. The van der Waals surface area contributed by atoms with E-state index in [4.69, 9.17) is 0 Å². The first-order chi connectivity index (χ1) is 4.20. The molecule has 1 fully saturated rings. The van der Waals surface area contributed by atoms with Crippen molar-refractivity contribution in [3.05, 3.63) is 0 Å². The van der Waals surface area contributed by atoms with Gasteiger partial charge >= 0.3 is 0 Å². The minimum Gasteiger partial charge on any atom is -0.291 e. The molecule has 1 aliphatic heterocycles. The van der Waals surface area contributed by atoms with Crippen molar-refractivity contribution in [1.29, 1.82) is 0 Å². The maximum atomic E-state index is 10.5. The second kappa shape index (κ2) is 2.24. The molecule has 0 aromatic rings. The Morgan fingerprint density at radius 3 is 2.33 bits per heavy atom. The first kappa shape index (κ1) is 6.38. The zero-order valence-electron chi connectivity index (χ0n) is 4.92. The average Bonchev–Trinajstić information content (AvgIpc) is 2.50. The Labute approximate surface area is 51.7 Å². The molecule has 0 saturated carbocycles. The van der Waals surface area contributed by atoms with Gasteiger partial charge in [-0.05, 0) is 0 Å². The fourth-order valence-corrected chi connectivity index (χ4v) is 0.402. The van der Waals surface area contributed by atoms with Crippen LogP contribution in [-0.4, -0.2) is 17.9 Å². The van der Waals surface area contributed by atoms with Gasteiger partial charge in [0.25, 0.3) is 0 Å². The van der Waals surface area contributed by atoms with Crippen molar-refractivity contribution in [3.8, 4) is 0 Å². The lowest BCUT2D eigenvalue weighted by Crippen LogP contribution is -2.11. The van der Waals surface area contributed by atoms with Gasteiger partial charge in [0.05, 0.1) is 6.42 Å². The molecule has 4 heteroatoms. The molecule has 1 saturated heterocycles. The molecule has 1 aliphatic rings. The predicted octanol–water partition coefficient (Wildman–Crippen LogP) is -0.177. The van der Waals surface area contributed by atoms with E-state index in [0.29, 0.717) is 0 Å². The van der Waals surface area contributed by atoms with Crippen LogP contribution in [0.3, 0.4) is 0 Å². The number of ketones is 2. The summed E-state index contributed by atoms with van der Waals surface area (Å²) in [5.41, 5.74) is 0. The van der Waals surface area contributed by atoms with E-state index in [2.05, 4.69) is 9.78 Å². The van der Waals surface area contributed by atoms with Gasteiger partial charge in [0.2, 0.25) is 12.1 Å². The first-order valence-electron chi connectivity index (χ1n) is 2.56. The SMILES string of the molecule is CC(=O)C(=O)CC1OO1. The number of hydrogen-bond acceptors (Lipinski definition) is 4. The number of hydrogen-bond donors (Lipinski definition) is 0. The highest BCUT2D eigenvalue weighted by Crippen LogP contribution is 2.15. The minimum atomic E-state index is -0.457. The van der Waals surface area contributed by atoms with Gasteiger partial charge in [-0.15, -0.1) is 0 Å². The van der Waals surface area contributed by atoms with E-state index < -0.39 is 17.9 Å². The summed E-state index contributed by atoms with van der Waals surface area (Å²) >= 11 is 0. The van der Waals surface area contributed by atoms with Gasteiger partial charge in [0.1, 0.15) is 0 Å². The highest BCUT2D eigenvalue weighted by Gasteiger charge is 2.29. The lowest BCUT2D eigenvalue weighted by atomic mass is 10.2. The third-order valence-corrected chi connectivity index (χ3v) is 0.977. The highest BCUT2D eigenvalue weighted by molar-refractivity contribution is 6.36. The molecule has 0 atom stereocenters. The summed E-state index contributed by atoms with van der Waals surface area (Å²) in [5.74, 6) is -0.897. The summed E-state index contributed by atoms with van der Waals surface area (Å²) in [6.07, 6.45) is -0.406. The molecule has 0 aliphatic carbocycles. The highest BCUT2D eigenvalue weighted by atomic mass is 17.4. The number of rotatable bonds is 3. The van der Waals surface area contributed by atoms with Crippen LogP contribution in [0.2, 0.25) is 0 Å². The molecular formula is C5H6O4. The van der Waals surface area contributed by atoms with E-state index in [1.807, 2.05) is 0 Å². The van der Waals surface area contributed by atoms with Crippen LogP contribution in [0.25, 0.3) is 0 Å². The van der Waals surface area contributed by atoms with Crippen molar-refractivity contribution < 1.29 is 19.4 Å². The molecule has 0 aromatic heterocycles. The molecule has 0 unspecified atom stereocenters. The minimum absolute atomic E-state index is 0.0509. The lowest BCUT2D eigenvalue weighted by molar-refractivity contribution is -0.135. The van der Waals surface area contributed by atoms with Gasteiger partial charge in [-0.25, -0.2) is 0 Å². The second-order valence-electron chi connectivity index (χ2n) is 1.81. The van der Waals surface area contributed by atoms with E-state index in [-0.39, 0.29) is 6.42 Å². The molecule has 0 N–H and O–H groups in total. The average molecular weight is 130 g/mol. The predicted molar refractivity (Wildman–Crippen MR) is 26.3 cm³/mol. The van der Waals surface area contributed by atoms with E-state index in [1.54, 1.807) is 0 Å². The van der Waals surface area contributed by atoms with Gasteiger partial charge in [-0.2, -0.15) is 9.78 Å². The Kier molecular flexibility index (Phi) is 1.59. The molecule has 1 heterocycles. The normalized spacial score (nSPS) is 17.4. The Bertz CT molecular complexity index is 147. The van der Waals surface area contributed by atoms with Crippen LogP contribution in [-0.2, 0) is 19.4 Å². The summed E-state index contributed by atoms with van der Waals surface area (Å²) in [7, 11) is 0. The summed E-state index contributed by atoms with van der Waals surface area (Å²) in [4.78, 5) is 29.2. The molecular weight excluding hydrogens is 124 g/mol. The maximum Gasteiger partial charge on any atom is 0.231 e. The van der Waals surface area contributed by atoms with E-state index in [0.717, 1.165) is 0 Å². The third kappa shape index (κ3) is 1.91. The Balaban J connectivity index is 2.25. The van der Waals surface area contributed by atoms with Crippen LogP contribution in [0, 0.1) is 0 Å². The van der Waals surface area contributed by atoms with E-state index >= 15 is 0 Å². The summed E-state index contributed by atoms with van der Waals surface area (Å²) in [6, 6.07) is 0. The molecule has 0 aromatic carbocycles. The molecule has 0 bridgehead atoms. The number of Topliss-reactive ketones (excluding diaryl/α,β-unsaturated/α-hetero) is 2. The van der Waals surface area contributed by atoms with Crippen LogP contribution < -0.4 is 0 Å². The summed E-state index contributed by atoms with van der Waals surface area (Å²) in [6.45, 7) is 1.23. The van der Waals surface area contributed by atoms with Gasteiger partial charge in [-0.1, -0.05) is 0 Å². The fourth-order valence-electron chi connectivity index (χ4n) is 0.402. The standard InChI is InChI=1S/C5H6O4/c1-3(6)4(7)2-5-8-9-5/h5H,2H2,1H3. The van der Waals surface area contributed by atoms with Gasteiger partial charge < -0.3 is 0 Å². The van der Waals surface area contributed by atoms with Crippen molar-refractivity contribution >= 4 is 11.6 Å².